The van der Waals surface area contributed by atoms with Gasteiger partial charge >= 0.3 is 5.97 Å². The van der Waals surface area contributed by atoms with E-state index in [2.05, 4.69) is 4.98 Å². The topological polar surface area (TPSA) is 81.0 Å². The summed E-state index contributed by atoms with van der Waals surface area (Å²) in [6.07, 6.45) is 1.56. The predicted octanol–water partition coefficient (Wildman–Crippen LogP) is 1.23. The molecule has 0 saturated carbocycles. The van der Waals surface area contributed by atoms with Gasteiger partial charge in [-0.2, -0.15) is 4.31 Å². The number of ether oxygens (including phenoxy) is 1. The number of hydrogen-bond donors (Lipinski definition) is 0. The van der Waals surface area contributed by atoms with Gasteiger partial charge in [-0.05, 0) is 6.92 Å². The number of carbonyl (C=O) groups is 1. The molecule has 0 aliphatic heterocycles. The smallest absolute Gasteiger partial charge is 0.321 e. The highest BCUT2D eigenvalue weighted by molar-refractivity contribution is 7.89. The normalized spacial score (nSPS) is 12.2. The molecule has 0 radical (unpaired) electrons. The second-order valence-corrected chi connectivity index (χ2v) is 7.02. The van der Waals surface area contributed by atoms with Gasteiger partial charge in [0.2, 0.25) is 0 Å². The van der Waals surface area contributed by atoms with Gasteiger partial charge in [0, 0.05) is 18.6 Å². The zero-order valence-electron chi connectivity index (χ0n) is 10.7. The molecule has 0 N–H and O–H groups in total. The monoisotopic (exact) mass is 337 g/mol. The molecular formula is C10H12ClN3O4S2. The van der Waals surface area contributed by atoms with E-state index in [1.54, 1.807) is 18.5 Å². The fourth-order valence-corrected chi connectivity index (χ4v) is 4.10. The van der Waals surface area contributed by atoms with E-state index in [0.717, 1.165) is 4.31 Å². The number of likely N-dealkylation sites (N-methyl/N-ethyl adjacent to an activating group) is 1. The van der Waals surface area contributed by atoms with Gasteiger partial charge in [0.05, 0.1) is 6.61 Å². The molecule has 0 spiro atoms. The molecule has 0 aliphatic rings. The lowest BCUT2D eigenvalue weighted by Crippen LogP contribution is -2.33. The van der Waals surface area contributed by atoms with Crippen molar-refractivity contribution < 1.29 is 17.9 Å². The number of rotatable bonds is 5. The number of thiazole rings is 1. The first-order valence-corrected chi connectivity index (χ1v) is 8.30. The first kappa shape index (κ1) is 15.2. The van der Waals surface area contributed by atoms with Crippen LogP contribution in [-0.2, 0) is 19.6 Å². The average molecular weight is 338 g/mol. The number of carbonyl (C=O) groups excluding carboxylic acids is 1. The van der Waals surface area contributed by atoms with Crippen LogP contribution in [0.25, 0.3) is 4.96 Å². The Bertz CT molecular complexity index is 737. The minimum Gasteiger partial charge on any atom is -0.465 e. The molecule has 2 aromatic heterocycles. The van der Waals surface area contributed by atoms with Crippen molar-refractivity contribution in [3.05, 3.63) is 16.7 Å². The number of aromatic nitrogens is 2. The molecule has 0 atom stereocenters. The lowest BCUT2D eigenvalue weighted by Gasteiger charge is -2.15. The number of hydrogen-bond acceptors (Lipinski definition) is 6. The third-order valence-corrected chi connectivity index (χ3v) is 5.45. The summed E-state index contributed by atoms with van der Waals surface area (Å²) in [7, 11) is -2.64. The number of imidazole rings is 1. The molecule has 7 nitrogen and oxygen atoms in total. The van der Waals surface area contributed by atoms with E-state index in [4.69, 9.17) is 16.3 Å². The van der Waals surface area contributed by atoms with Gasteiger partial charge in [0.1, 0.15) is 6.54 Å². The van der Waals surface area contributed by atoms with Crippen LogP contribution in [0.4, 0.5) is 0 Å². The second-order valence-electron chi connectivity index (χ2n) is 3.83. The summed E-state index contributed by atoms with van der Waals surface area (Å²) in [6, 6.07) is 0. The van der Waals surface area contributed by atoms with Crippen LogP contribution in [0, 0.1) is 0 Å². The van der Waals surface area contributed by atoms with Crippen molar-refractivity contribution in [1.29, 1.82) is 0 Å². The van der Waals surface area contributed by atoms with Crippen LogP contribution >= 0.6 is 22.9 Å². The summed E-state index contributed by atoms with van der Waals surface area (Å²) >= 11 is 7.15. The molecule has 20 heavy (non-hydrogen) atoms. The second kappa shape index (κ2) is 5.68. The third kappa shape index (κ3) is 2.66. The maximum Gasteiger partial charge on any atom is 0.321 e. The zero-order chi connectivity index (χ0) is 14.9. The Labute approximate surface area is 124 Å². The summed E-state index contributed by atoms with van der Waals surface area (Å²) in [5.41, 5.74) is 0. The van der Waals surface area contributed by atoms with Crippen molar-refractivity contribution in [2.24, 2.45) is 0 Å². The van der Waals surface area contributed by atoms with E-state index >= 15 is 0 Å². The lowest BCUT2D eigenvalue weighted by molar-refractivity contribution is -0.143. The van der Waals surface area contributed by atoms with E-state index < -0.39 is 16.0 Å². The van der Waals surface area contributed by atoms with Crippen molar-refractivity contribution in [2.75, 3.05) is 20.2 Å². The Hall–Kier alpha value is -1.16. The molecule has 0 bridgehead atoms. The predicted molar refractivity (Wildman–Crippen MR) is 74.5 cm³/mol. The quantitative estimate of drug-likeness (QED) is 0.767. The molecular weight excluding hydrogens is 326 g/mol. The van der Waals surface area contributed by atoms with Crippen LogP contribution in [0.5, 0.6) is 0 Å². The maximum absolute atomic E-state index is 12.4. The van der Waals surface area contributed by atoms with Crippen LogP contribution in [0.3, 0.4) is 0 Å². The van der Waals surface area contributed by atoms with Gasteiger partial charge in [-0.3, -0.25) is 9.20 Å². The van der Waals surface area contributed by atoms with Crippen molar-refractivity contribution in [3.8, 4) is 0 Å². The van der Waals surface area contributed by atoms with E-state index in [-0.39, 0.29) is 23.3 Å². The molecule has 0 fully saturated rings. The molecule has 2 rings (SSSR count). The minimum absolute atomic E-state index is 0.118. The molecule has 0 unspecified atom stereocenters. The van der Waals surface area contributed by atoms with Crippen molar-refractivity contribution in [3.63, 3.8) is 0 Å². The Balaban J connectivity index is 2.37. The Morgan fingerprint density at radius 1 is 1.60 bits per heavy atom. The van der Waals surface area contributed by atoms with Gasteiger partial charge < -0.3 is 4.74 Å². The summed E-state index contributed by atoms with van der Waals surface area (Å²) in [6.45, 7) is 1.45. The molecule has 0 aliphatic carbocycles. The van der Waals surface area contributed by atoms with Crippen molar-refractivity contribution in [2.45, 2.75) is 11.9 Å². The molecule has 0 saturated heterocycles. The average Bonchev–Trinajstić information content (AvgIpc) is 2.87. The minimum atomic E-state index is -3.93. The van der Waals surface area contributed by atoms with E-state index in [9.17, 15) is 13.2 Å². The number of esters is 1. The summed E-state index contributed by atoms with van der Waals surface area (Å²) in [5.74, 6) is -0.624. The summed E-state index contributed by atoms with van der Waals surface area (Å²) in [4.78, 5) is 15.8. The van der Waals surface area contributed by atoms with Crippen LogP contribution in [0.15, 0.2) is 16.6 Å². The highest BCUT2D eigenvalue weighted by Crippen LogP contribution is 2.27. The first-order valence-electron chi connectivity index (χ1n) is 5.61. The highest BCUT2D eigenvalue weighted by atomic mass is 35.5. The molecule has 0 aromatic carbocycles. The summed E-state index contributed by atoms with van der Waals surface area (Å²) in [5, 5.41) is 1.43. The van der Waals surface area contributed by atoms with Gasteiger partial charge in [-0.25, -0.2) is 13.4 Å². The van der Waals surface area contributed by atoms with Crippen LogP contribution in [0.2, 0.25) is 5.15 Å². The van der Waals surface area contributed by atoms with E-state index in [1.807, 2.05) is 0 Å². The van der Waals surface area contributed by atoms with Crippen LogP contribution in [-0.4, -0.2) is 48.3 Å². The van der Waals surface area contributed by atoms with Gasteiger partial charge in [-0.15, -0.1) is 11.3 Å². The maximum atomic E-state index is 12.4. The highest BCUT2D eigenvalue weighted by Gasteiger charge is 2.30. The van der Waals surface area contributed by atoms with E-state index in [1.165, 1.54) is 22.8 Å². The van der Waals surface area contributed by atoms with Crippen molar-refractivity contribution in [1.82, 2.24) is 13.7 Å². The Morgan fingerprint density at radius 3 is 2.95 bits per heavy atom. The Kier molecular flexibility index (Phi) is 4.33. The molecule has 110 valence electrons. The first-order chi connectivity index (χ1) is 9.37. The van der Waals surface area contributed by atoms with Crippen LogP contribution < -0.4 is 0 Å². The van der Waals surface area contributed by atoms with E-state index in [0.29, 0.717) is 4.96 Å². The van der Waals surface area contributed by atoms with Crippen molar-refractivity contribution >= 4 is 43.9 Å². The lowest BCUT2D eigenvalue weighted by atomic mass is 10.6. The summed E-state index contributed by atoms with van der Waals surface area (Å²) < 4.78 is 31.9. The zero-order valence-corrected chi connectivity index (χ0v) is 13.1. The van der Waals surface area contributed by atoms with Gasteiger partial charge in [-0.1, -0.05) is 11.6 Å². The standard InChI is InChI=1S/C10H12ClN3O4S2/c1-3-18-7(15)6-13(2)20(16,17)9-8(11)12-10-14(9)4-5-19-10/h4-5H,3,6H2,1-2H3. The number of sulfonamides is 1. The van der Waals surface area contributed by atoms with Gasteiger partial charge in [0.15, 0.2) is 15.1 Å². The fourth-order valence-electron chi connectivity index (χ4n) is 1.59. The Morgan fingerprint density at radius 2 is 2.30 bits per heavy atom. The number of fused-ring (bicyclic) bond motifs is 1. The number of nitrogens with zero attached hydrogens (tertiary/aromatic N) is 3. The molecule has 2 heterocycles. The largest absolute Gasteiger partial charge is 0.465 e. The molecule has 0 amide bonds. The SMILES string of the molecule is CCOC(=O)CN(C)S(=O)(=O)c1c(Cl)nc2sccn12. The number of halogens is 1. The van der Waals surface area contributed by atoms with Crippen LogP contribution in [0.1, 0.15) is 6.92 Å². The van der Waals surface area contributed by atoms with Gasteiger partial charge in [0.25, 0.3) is 10.0 Å². The molecule has 2 aromatic rings. The third-order valence-electron chi connectivity index (χ3n) is 2.49. The fraction of sp³-hybridized carbons (Fsp3) is 0.400. The molecule has 10 heteroatoms.